The van der Waals surface area contributed by atoms with Gasteiger partial charge >= 0.3 is 5.63 Å². The van der Waals surface area contributed by atoms with Gasteiger partial charge in [0.2, 0.25) is 0 Å². The maximum absolute atomic E-state index is 13.6. The maximum atomic E-state index is 13.6. The number of hydrogen-bond acceptors (Lipinski definition) is 7. The molecular weight excluding hydrogens is 572 g/mol. The minimum atomic E-state index is -0.725. The first-order valence-corrected chi connectivity index (χ1v) is 14.4. The molecule has 6 rings (SSSR count). The summed E-state index contributed by atoms with van der Waals surface area (Å²) in [5, 5.41) is 15.9. The van der Waals surface area contributed by atoms with E-state index in [9.17, 15) is 14.7 Å². The van der Waals surface area contributed by atoms with Crippen LogP contribution in [0, 0.1) is 0 Å². The molecule has 9 heteroatoms. The molecule has 45 heavy (non-hydrogen) atoms. The van der Waals surface area contributed by atoms with Gasteiger partial charge in [-0.25, -0.2) is 4.79 Å². The smallest absolute Gasteiger partial charge is 0.344 e. The molecule has 0 aliphatic carbocycles. The number of aromatic amines is 1. The highest BCUT2D eigenvalue weighted by Crippen LogP contribution is 2.41. The Balaban J connectivity index is 1.44. The fourth-order valence-electron chi connectivity index (χ4n) is 5.80. The van der Waals surface area contributed by atoms with Crippen molar-refractivity contribution in [1.29, 1.82) is 0 Å². The number of carbonyl (C=O) groups is 1. The molecule has 3 N–H and O–H groups in total. The Hall–Kier alpha value is -5.70. The van der Waals surface area contributed by atoms with Crippen LogP contribution in [0.1, 0.15) is 38.7 Å². The fraction of sp³-hybridized carbons (Fsp3) is 0.167. The van der Waals surface area contributed by atoms with E-state index in [2.05, 4.69) is 10.3 Å². The van der Waals surface area contributed by atoms with Crippen LogP contribution in [-0.4, -0.2) is 43.9 Å². The number of nitrogens with one attached hydrogen (secondary N) is 2. The van der Waals surface area contributed by atoms with E-state index in [1.54, 1.807) is 56.7 Å². The van der Waals surface area contributed by atoms with Crippen molar-refractivity contribution in [3.8, 4) is 23.0 Å². The third-order valence-corrected chi connectivity index (χ3v) is 8.01. The Bertz CT molecular complexity index is 2060. The maximum Gasteiger partial charge on any atom is 0.344 e. The standard InChI is InChI=1S/C36H32N2O7/c1-42-22-14-12-21(13-15-22)31(32-34(39)26-9-5-7-11-29(26)45-36(32)41)33-25(24-8-4-6-10-28(24)38-33)18-19-37-35(40)27-17-16-23(43-2)20-30(27)44-3/h4-17,20,31,38-39H,18-19H2,1-3H3,(H,37,40). The summed E-state index contributed by atoms with van der Waals surface area (Å²) in [5.74, 6) is 0.468. The van der Waals surface area contributed by atoms with Crippen LogP contribution >= 0.6 is 0 Å². The lowest BCUT2D eigenvalue weighted by Gasteiger charge is -2.20. The highest BCUT2D eigenvalue weighted by molar-refractivity contribution is 5.97. The van der Waals surface area contributed by atoms with Gasteiger partial charge in [0.25, 0.3) is 5.91 Å². The number of amides is 1. The van der Waals surface area contributed by atoms with Crippen molar-refractivity contribution in [2.75, 3.05) is 27.9 Å². The summed E-state index contributed by atoms with van der Waals surface area (Å²) in [5.41, 5.74) is 3.34. The average Bonchev–Trinajstić information content (AvgIpc) is 3.44. The number of carbonyl (C=O) groups excluding carboxylic acids is 1. The van der Waals surface area contributed by atoms with Gasteiger partial charge in [0.15, 0.2) is 0 Å². The summed E-state index contributed by atoms with van der Waals surface area (Å²) in [7, 11) is 4.64. The second-order valence-corrected chi connectivity index (χ2v) is 10.5. The Morgan fingerprint density at radius 1 is 0.867 bits per heavy atom. The molecular formula is C36H32N2O7. The number of aromatic nitrogens is 1. The molecule has 0 aliphatic rings. The zero-order valence-corrected chi connectivity index (χ0v) is 25.0. The van der Waals surface area contributed by atoms with Crippen molar-refractivity contribution >= 4 is 27.8 Å². The van der Waals surface area contributed by atoms with Crippen LogP contribution in [0.15, 0.2) is 100 Å². The molecule has 9 nitrogen and oxygen atoms in total. The Labute approximate surface area is 259 Å². The lowest BCUT2D eigenvalue weighted by atomic mass is 9.85. The molecule has 0 spiro atoms. The summed E-state index contributed by atoms with van der Waals surface area (Å²) < 4.78 is 21.8. The number of hydrogen-bond donors (Lipinski definition) is 3. The lowest BCUT2D eigenvalue weighted by Crippen LogP contribution is -2.26. The van der Waals surface area contributed by atoms with E-state index in [1.165, 1.54) is 7.11 Å². The van der Waals surface area contributed by atoms with Gasteiger partial charge in [-0.15, -0.1) is 0 Å². The average molecular weight is 605 g/mol. The van der Waals surface area contributed by atoms with Crippen molar-refractivity contribution in [2.24, 2.45) is 0 Å². The molecule has 0 aliphatic heterocycles. The van der Waals surface area contributed by atoms with Gasteiger partial charge in [0.05, 0.1) is 43.8 Å². The second-order valence-electron chi connectivity index (χ2n) is 10.5. The zero-order valence-electron chi connectivity index (χ0n) is 25.0. The summed E-state index contributed by atoms with van der Waals surface area (Å²) in [6, 6.07) is 27.1. The van der Waals surface area contributed by atoms with Gasteiger partial charge in [-0.2, -0.15) is 0 Å². The van der Waals surface area contributed by atoms with Crippen molar-refractivity contribution < 1.29 is 28.5 Å². The van der Waals surface area contributed by atoms with E-state index < -0.39 is 11.5 Å². The first-order valence-electron chi connectivity index (χ1n) is 14.4. The molecule has 0 saturated heterocycles. The topological polar surface area (TPSA) is 123 Å². The quantitative estimate of drug-likeness (QED) is 0.160. The summed E-state index contributed by atoms with van der Waals surface area (Å²) in [6.07, 6.45) is 0.426. The SMILES string of the molecule is COc1ccc(C(c2[nH]c3ccccc3c2CCNC(=O)c2ccc(OC)cc2OC)c2c(O)c3ccccc3oc2=O)cc1. The van der Waals surface area contributed by atoms with Crippen molar-refractivity contribution in [3.63, 3.8) is 0 Å². The van der Waals surface area contributed by atoms with Gasteiger partial charge < -0.3 is 34.0 Å². The lowest BCUT2D eigenvalue weighted by molar-refractivity contribution is 0.0951. The van der Waals surface area contributed by atoms with Crippen molar-refractivity contribution in [3.05, 3.63) is 129 Å². The van der Waals surface area contributed by atoms with E-state index in [4.69, 9.17) is 18.6 Å². The first kappa shape index (κ1) is 29.4. The van der Waals surface area contributed by atoms with Crippen molar-refractivity contribution in [2.45, 2.75) is 12.3 Å². The predicted molar refractivity (Wildman–Crippen MR) is 172 cm³/mol. The molecule has 4 aromatic carbocycles. The van der Waals surface area contributed by atoms with Crippen LogP contribution in [0.2, 0.25) is 0 Å². The number of para-hydroxylation sites is 2. The number of fused-ring (bicyclic) bond motifs is 2. The molecule has 1 atom stereocenters. The first-order chi connectivity index (χ1) is 21.9. The third kappa shape index (κ3) is 5.56. The van der Waals surface area contributed by atoms with Gasteiger partial charge in [0, 0.05) is 29.2 Å². The van der Waals surface area contributed by atoms with E-state index in [1.807, 2.05) is 48.5 Å². The van der Waals surface area contributed by atoms with Crippen LogP contribution in [0.4, 0.5) is 0 Å². The number of ether oxygens (including phenoxy) is 3. The van der Waals surface area contributed by atoms with Crippen LogP contribution < -0.4 is 25.2 Å². The highest BCUT2D eigenvalue weighted by Gasteiger charge is 2.30. The second kappa shape index (κ2) is 12.5. The largest absolute Gasteiger partial charge is 0.507 e. The van der Waals surface area contributed by atoms with Gasteiger partial charge in [0.1, 0.15) is 28.6 Å². The monoisotopic (exact) mass is 604 g/mol. The molecule has 0 radical (unpaired) electrons. The number of H-pyrrole nitrogens is 1. The molecule has 0 fully saturated rings. The van der Waals surface area contributed by atoms with E-state index >= 15 is 0 Å². The molecule has 0 saturated carbocycles. The van der Waals surface area contributed by atoms with Gasteiger partial charge in [-0.1, -0.05) is 42.5 Å². The minimum absolute atomic E-state index is 0.110. The van der Waals surface area contributed by atoms with E-state index in [-0.39, 0.29) is 23.8 Å². The van der Waals surface area contributed by atoms with Crippen LogP contribution in [-0.2, 0) is 6.42 Å². The Morgan fingerprint density at radius 3 is 2.29 bits per heavy atom. The summed E-state index contributed by atoms with van der Waals surface area (Å²) in [6.45, 7) is 0.288. The molecule has 6 aromatic rings. The third-order valence-electron chi connectivity index (χ3n) is 8.01. The number of rotatable bonds is 10. The van der Waals surface area contributed by atoms with Crippen LogP contribution in [0.25, 0.3) is 21.9 Å². The summed E-state index contributed by atoms with van der Waals surface area (Å²) in [4.78, 5) is 30.4. The van der Waals surface area contributed by atoms with Crippen LogP contribution in [0.5, 0.6) is 23.0 Å². The highest BCUT2D eigenvalue weighted by atomic mass is 16.5. The zero-order chi connectivity index (χ0) is 31.5. The molecule has 1 unspecified atom stereocenters. The van der Waals surface area contributed by atoms with E-state index in [0.29, 0.717) is 45.9 Å². The number of aromatic hydroxyl groups is 1. The molecule has 2 aromatic heterocycles. The van der Waals surface area contributed by atoms with Gasteiger partial charge in [-0.05, 0) is 60.0 Å². The molecule has 2 heterocycles. The Kier molecular flexibility index (Phi) is 8.16. The number of methoxy groups -OCH3 is 3. The molecule has 228 valence electrons. The summed E-state index contributed by atoms with van der Waals surface area (Å²) >= 11 is 0. The normalized spacial score (nSPS) is 11.8. The molecule has 0 bridgehead atoms. The molecule has 1 amide bonds. The van der Waals surface area contributed by atoms with Crippen LogP contribution in [0.3, 0.4) is 0 Å². The minimum Gasteiger partial charge on any atom is -0.507 e. The van der Waals surface area contributed by atoms with E-state index in [0.717, 1.165) is 22.0 Å². The fourth-order valence-corrected chi connectivity index (χ4v) is 5.80. The predicted octanol–water partition coefficient (Wildman–Crippen LogP) is 6.16. The van der Waals surface area contributed by atoms with Gasteiger partial charge in [-0.3, -0.25) is 4.79 Å². The number of benzene rings is 4. The Morgan fingerprint density at radius 2 is 1.56 bits per heavy atom. The van der Waals surface area contributed by atoms with Crippen molar-refractivity contribution in [1.82, 2.24) is 10.3 Å².